The second-order valence-electron chi connectivity index (χ2n) is 5.97. The molecule has 116 valence electrons. The van der Waals surface area contributed by atoms with E-state index < -0.39 is 5.97 Å². The summed E-state index contributed by atoms with van der Waals surface area (Å²) in [5.41, 5.74) is 0.709. The Balaban J connectivity index is 0. The van der Waals surface area contributed by atoms with Crippen molar-refractivity contribution < 1.29 is 19.4 Å². The van der Waals surface area contributed by atoms with E-state index in [4.69, 9.17) is 9.84 Å². The second-order valence-corrected chi connectivity index (χ2v) is 5.97. The molecule has 0 radical (unpaired) electrons. The van der Waals surface area contributed by atoms with Crippen LogP contribution in [0.3, 0.4) is 0 Å². The summed E-state index contributed by atoms with van der Waals surface area (Å²) in [4.78, 5) is 20.4. The summed E-state index contributed by atoms with van der Waals surface area (Å²) in [6.45, 7) is 17.5. The Kier molecular flexibility index (Phi) is 10.6. The minimum atomic E-state index is -0.981. The molecule has 1 N–H and O–H groups in total. The van der Waals surface area contributed by atoms with Crippen LogP contribution < -0.4 is 0 Å². The molecule has 4 nitrogen and oxygen atoms in total. The average molecular weight is 284 g/mol. The van der Waals surface area contributed by atoms with Crippen molar-refractivity contribution in [2.75, 3.05) is 6.61 Å². The van der Waals surface area contributed by atoms with Crippen molar-refractivity contribution in [1.29, 1.82) is 0 Å². The van der Waals surface area contributed by atoms with Gasteiger partial charge in [-0.1, -0.05) is 40.9 Å². The predicted molar refractivity (Wildman–Crippen MR) is 81.5 cm³/mol. The summed E-state index contributed by atoms with van der Waals surface area (Å²) >= 11 is 0. The van der Waals surface area contributed by atoms with Crippen LogP contribution in [0.4, 0.5) is 0 Å². The van der Waals surface area contributed by atoms with Gasteiger partial charge in [-0.15, -0.1) is 0 Å². The molecule has 0 atom stereocenters. The van der Waals surface area contributed by atoms with E-state index in [9.17, 15) is 9.59 Å². The number of hydrogen-bond acceptors (Lipinski definition) is 3. The number of hydrogen-bond donors (Lipinski definition) is 1. The van der Waals surface area contributed by atoms with Gasteiger partial charge in [0.05, 0.1) is 6.61 Å². The summed E-state index contributed by atoms with van der Waals surface area (Å²) in [7, 11) is 0. The zero-order chi connectivity index (χ0) is 16.3. The van der Waals surface area contributed by atoms with Crippen molar-refractivity contribution in [2.24, 2.45) is 11.3 Å². The highest BCUT2D eigenvalue weighted by Gasteiger charge is 2.19. The summed E-state index contributed by atoms with van der Waals surface area (Å²) < 4.78 is 5.08. The molecular weight excluding hydrogens is 256 g/mol. The maximum atomic E-state index is 11.1. The van der Waals surface area contributed by atoms with E-state index in [1.807, 2.05) is 0 Å². The standard InChI is InChI=1S/C13H24O2.C3H4O2/c1-10(2)9-13(5,6)7-8-15-12(14)11(3)4;1-2-3(4)5/h10H,3,7-9H2,1-2,4-6H3;2H,1H2,(H,4,5). The zero-order valence-corrected chi connectivity index (χ0v) is 13.4. The Morgan fingerprint density at radius 1 is 1.35 bits per heavy atom. The van der Waals surface area contributed by atoms with Crippen LogP contribution in [0.1, 0.15) is 47.5 Å². The maximum Gasteiger partial charge on any atom is 0.333 e. The molecule has 0 unspecified atom stereocenters. The zero-order valence-electron chi connectivity index (χ0n) is 13.4. The third-order valence-corrected chi connectivity index (χ3v) is 2.50. The van der Waals surface area contributed by atoms with E-state index >= 15 is 0 Å². The van der Waals surface area contributed by atoms with Crippen LogP contribution in [0.2, 0.25) is 0 Å². The average Bonchev–Trinajstić information content (AvgIpc) is 2.27. The van der Waals surface area contributed by atoms with Gasteiger partial charge in [0.1, 0.15) is 0 Å². The van der Waals surface area contributed by atoms with E-state index in [1.165, 1.54) is 0 Å². The lowest BCUT2D eigenvalue weighted by atomic mass is 9.81. The van der Waals surface area contributed by atoms with Gasteiger partial charge >= 0.3 is 11.9 Å². The summed E-state index contributed by atoms with van der Waals surface area (Å²) in [5, 5.41) is 7.60. The van der Waals surface area contributed by atoms with Gasteiger partial charge in [-0.2, -0.15) is 0 Å². The molecule has 0 heterocycles. The van der Waals surface area contributed by atoms with Crippen LogP contribution >= 0.6 is 0 Å². The molecule has 0 fully saturated rings. The Morgan fingerprint density at radius 3 is 2.10 bits per heavy atom. The van der Waals surface area contributed by atoms with E-state index in [-0.39, 0.29) is 11.4 Å². The third-order valence-electron chi connectivity index (χ3n) is 2.50. The topological polar surface area (TPSA) is 63.6 Å². The minimum Gasteiger partial charge on any atom is -0.478 e. The number of carboxylic acids is 1. The lowest BCUT2D eigenvalue weighted by Crippen LogP contribution is -2.18. The first kappa shape index (κ1) is 20.7. The fraction of sp³-hybridized carbons (Fsp3) is 0.625. The Hall–Kier alpha value is -1.58. The monoisotopic (exact) mass is 284 g/mol. The van der Waals surface area contributed by atoms with Gasteiger partial charge in [0, 0.05) is 11.6 Å². The quantitative estimate of drug-likeness (QED) is 0.570. The summed E-state index contributed by atoms with van der Waals surface area (Å²) in [6.07, 6.45) is 2.89. The fourth-order valence-electron chi connectivity index (χ4n) is 1.75. The highest BCUT2D eigenvalue weighted by atomic mass is 16.5. The number of rotatable bonds is 7. The number of carboxylic acid groups (broad SMARTS) is 1. The Labute approximate surface area is 122 Å². The Morgan fingerprint density at radius 2 is 1.80 bits per heavy atom. The second kappa shape index (κ2) is 10.2. The van der Waals surface area contributed by atoms with Crippen LogP contribution in [0.25, 0.3) is 0 Å². The van der Waals surface area contributed by atoms with E-state index in [1.54, 1.807) is 6.92 Å². The minimum absolute atomic E-state index is 0.240. The number of carbonyl (C=O) groups excluding carboxylic acids is 1. The van der Waals surface area contributed by atoms with Crippen molar-refractivity contribution in [1.82, 2.24) is 0 Å². The molecule has 0 bridgehead atoms. The molecule has 0 rings (SSSR count). The van der Waals surface area contributed by atoms with Gasteiger partial charge in [-0.25, -0.2) is 9.59 Å². The number of ether oxygens (including phenoxy) is 1. The normalized spacial score (nSPS) is 10.3. The number of carbonyl (C=O) groups is 2. The van der Waals surface area contributed by atoms with Crippen molar-refractivity contribution in [2.45, 2.75) is 47.5 Å². The maximum absolute atomic E-state index is 11.1. The molecule has 0 aromatic heterocycles. The first-order valence-electron chi connectivity index (χ1n) is 6.70. The van der Waals surface area contributed by atoms with Crippen molar-refractivity contribution in [3.05, 3.63) is 24.8 Å². The van der Waals surface area contributed by atoms with Crippen LogP contribution in [0.5, 0.6) is 0 Å². The summed E-state index contributed by atoms with van der Waals surface area (Å²) in [6, 6.07) is 0. The first-order valence-corrected chi connectivity index (χ1v) is 6.70. The van der Waals surface area contributed by atoms with E-state index in [0.717, 1.165) is 18.9 Å². The van der Waals surface area contributed by atoms with Gasteiger partial charge in [-0.3, -0.25) is 0 Å². The Bertz CT molecular complexity index is 340. The largest absolute Gasteiger partial charge is 0.478 e. The van der Waals surface area contributed by atoms with Crippen LogP contribution in [-0.2, 0) is 14.3 Å². The molecule has 4 heteroatoms. The van der Waals surface area contributed by atoms with Crippen molar-refractivity contribution >= 4 is 11.9 Å². The smallest absolute Gasteiger partial charge is 0.333 e. The molecule has 0 saturated heterocycles. The third kappa shape index (κ3) is 14.5. The predicted octanol–water partition coefficient (Wildman–Crippen LogP) is 3.83. The van der Waals surface area contributed by atoms with Crippen molar-refractivity contribution in [3.63, 3.8) is 0 Å². The van der Waals surface area contributed by atoms with E-state index in [2.05, 4.69) is 40.9 Å². The summed E-state index contributed by atoms with van der Waals surface area (Å²) in [5.74, 6) is -0.586. The van der Waals surface area contributed by atoms with E-state index in [0.29, 0.717) is 18.1 Å². The fourth-order valence-corrected chi connectivity index (χ4v) is 1.75. The molecule has 0 aliphatic carbocycles. The number of esters is 1. The van der Waals surface area contributed by atoms with Gasteiger partial charge in [0.15, 0.2) is 0 Å². The SMILES string of the molecule is C=C(C)C(=O)OCCC(C)(C)CC(C)C.C=CC(=O)O. The molecule has 0 amide bonds. The van der Waals surface area contributed by atoms with Crippen LogP contribution in [0.15, 0.2) is 24.8 Å². The van der Waals surface area contributed by atoms with Gasteiger partial charge < -0.3 is 9.84 Å². The van der Waals surface area contributed by atoms with Gasteiger partial charge in [0.25, 0.3) is 0 Å². The highest BCUT2D eigenvalue weighted by Crippen LogP contribution is 2.28. The lowest BCUT2D eigenvalue weighted by molar-refractivity contribution is -0.139. The van der Waals surface area contributed by atoms with Gasteiger partial charge in [0.2, 0.25) is 0 Å². The molecule has 0 aliphatic rings. The molecule has 0 aromatic carbocycles. The molecule has 0 aromatic rings. The molecule has 0 saturated carbocycles. The van der Waals surface area contributed by atoms with Gasteiger partial charge in [-0.05, 0) is 31.1 Å². The molecule has 0 spiro atoms. The first-order chi connectivity index (χ1) is 9.01. The molecular formula is C16H28O4. The molecule has 0 aliphatic heterocycles. The number of aliphatic carboxylic acids is 1. The molecule has 20 heavy (non-hydrogen) atoms. The van der Waals surface area contributed by atoms with Crippen LogP contribution in [0, 0.1) is 11.3 Å². The lowest BCUT2D eigenvalue weighted by Gasteiger charge is -2.26. The van der Waals surface area contributed by atoms with Crippen LogP contribution in [-0.4, -0.2) is 23.7 Å². The van der Waals surface area contributed by atoms with Crippen molar-refractivity contribution in [3.8, 4) is 0 Å². The highest BCUT2D eigenvalue weighted by molar-refractivity contribution is 5.86.